The van der Waals surface area contributed by atoms with Crippen LogP contribution >= 0.6 is 0 Å². The Morgan fingerprint density at radius 3 is 2.57 bits per heavy atom. The summed E-state index contributed by atoms with van der Waals surface area (Å²) in [7, 11) is 2.08. The van der Waals surface area contributed by atoms with Crippen LogP contribution < -0.4 is 16.4 Å². The van der Waals surface area contributed by atoms with Crippen LogP contribution in [-0.2, 0) is 0 Å². The van der Waals surface area contributed by atoms with Crippen molar-refractivity contribution in [2.45, 2.75) is 25.2 Å². The van der Waals surface area contributed by atoms with Gasteiger partial charge in [0.1, 0.15) is 5.82 Å². The van der Waals surface area contributed by atoms with Gasteiger partial charge in [-0.2, -0.15) is 4.98 Å². The zero-order valence-electron chi connectivity index (χ0n) is 17.6. The van der Waals surface area contributed by atoms with E-state index in [4.69, 9.17) is 5.73 Å². The summed E-state index contributed by atoms with van der Waals surface area (Å²) in [5.41, 5.74) is 8.36. The van der Waals surface area contributed by atoms with Crippen molar-refractivity contribution < 1.29 is 4.79 Å². The number of rotatable bonds is 8. The van der Waals surface area contributed by atoms with Gasteiger partial charge in [-0.05, 0) is 63.0 Å². The number of nitrogens with two attached hydrogens (primary N) is 1. The summed E-state index contributed by atoms with van der Waals surface area (Å²) in [6.07, 6.45) is 5.22. The number of benzene rings is 1. The Balaban J connectivity index is 1.41. The fraction of sp³-hybridized carbons (Fsp3) is 0.500. The van der Waals surface area contributed by atoms with E-state index >= 15 is 0 Å². The normalized spacial score (nSPS) is 17.1. The number of hydrogen-bond acceptors (Lipinski definition) is 7. The zero-order valence-corrected chi connectivity index (χ0v) is 17.6. The molecule has 0 bridgehead atoms. The van der Waals surface area contributed by atoms with Crippen molar-refractivity contribution in [2.75, 3.05) is 56.9 Å². The highest BCUT2D eigenvalue weighted by atomic mass is 16.2. The molecule has 2 aliphatic rings. The van der Waals surface area contributed by atoms with Crippen LogP contribution in [0.5, 0.6) is 0 Å². The number of nitrogens with one attached hydrogen (secondary N) is 2. The van der Waals surface area contributed by atoms with Crippen molar-refractivity contribution in [3.05, 3.63) is 41.6 Å². The largest absolute Gasteiger partial charge is 0.370 e. The average Bonchev–Trinajstić information content (AvgIpc) is 3.60. The highest BCUT2D eigenvalue weighted by Gasteiger charge is 2.27. The molecule has 1 aromatic carbocycles. The number of piperazine rings is 1. The quantitative estimate of drug-likeness (QED) is 0.575. The highest BCUT2D eigenvalue weighted by molar-refractivity contribution is 5.94. The van der Waals surface area contributed by atoms with E-state index in [-0.39, 0.29) is 5.91 Å². The third kappa shape index (κ3) is 5.06. The lowest BCUT2D eigenvalue weighted by atomic mass is 10.1. The molecule has 1 aliphatic heterocycles. The molecule has 0 atom stereocenters. The van der Waals surface area contributed by atoms with Crippen LogP contribution in [0.2, 0.25) is 0 Å². The first-order valence-electron chi connectivity index (χ1n) is 10.8. The number of anilines is 3. The number of aromatic nitrogens is 2. The van der Waals surface area contributed by atoms with Crippen molar-refractivity contribution in [2.24, 2.45) is 5.73 Å². The minimum absolute atomic E-state index is 0.0890. The summed E-state index contributed by atoms with van der Waals surface area (Å²) < 4.78 is 0. The predicted octanol–water partition coefficient (Wildman–Crippen LogP) is 2.25. The van der Waals surface area contributed by atoms with Gasteiger partial charge in [-0.3, -0.25) is 4.79 Å². The SMILES string of the molecule is CN1CCN(C(=O)c2ccc(Nc3ncc(C4CC4)c(NCCCN)n3)cc2)CC1. The zero-order chi connectivity index (χ0) is 20.9. The van der Waals surface area contributed by atoms with Gasteiger partial charge in [0.2, 0.25) is 5.95 Å². The van der Waals surface area contributed by atoms with Gasteiger partial charge in [-0.25, -0.2) is 4.98 Å². The third-order valence-corrected chi connectivity index (χ3v) is 5.69. The molecule has 2 aromatic rings. The molecule has 0 radical (unpaired) electrons. The molecule has 1 saturated heterocycles. The minimum Gasteiger partial charge on any atom is -0.370 e. The molecule has 160 valence electrons. The van der Waals surface area contributed by atoms with Crippen LogP contribution in [0.25, 0.3) is 0 Å². The van der Waals surface area contributed by atoms with E-state index < -0.39 is 0 Å². The van der Waals surface area contributed by atoms with Crippen LogP contribution in [-0.4, -0.2) is 72.0 Å². The second-order valence-electron chi connectivity index (χ2n) is 8.14. The molecule has 1 amide bonds. The lowest BCUT2D eigenvalue weighted by Crippen LogP contribution is -2.47. The Labute approximate surface area is 177 Å². The van der Waals surface area contributed by atoms with E-state index in [2.05, 4.69) is 32.5 Å². The minimum atomic E-state index is 0.0890. The first kappa shape index (κ1) is 20.6. The number of nitrogens with zero attached hydrogens (tertiary/aromatic N) is 4. The standard InChI is InChI=1S/C22H31N7O/c1-28-11-13-29(14-12-28)21(30)17-5-7-18(8-6-17)26-22-25-15-19(16-3-4-16)20(27-22)24-10-2-9-23/h5-8,15-16H,2-4,9-14,23H2,1H3,(H2,24,25,26,27). The highest BCUT2D eigenvalue weighted by Crippen LogP contribution is 2.42. The number of hydrogen-bond donors (Lipinski definition) is 3. The number of likely N-dealkylation sites (N-methyl/N-ethyl adjacent to an activating group) is 1. The van der Waals surface area contributed by atoms with E-state index in [9.17, 15) is 4.79 Å². The molecule has 0 spiro atoms. The second-order valence-corrected chi connectivity index (χ2v) is 8.14. The summed E-state index contributed by atoms with van der Waals surface area (Å²) >= 11 is 0. The monoisotopic (exact) mass is 409 g/mol. The van der Waals surface area contributed by atoms with E-state index in [0.717, 1.165) is 50.6 Å². The maximum absolute atomic E-state index is 12.7. The van der Waals surface area contributed by atoms with Crippen molar-refractivity contribution >= 4 is 23.4 Å². The van der Waals surface area contributed by atoms with Crippen molar-refractivity contribution in [1.29, 1.82) is 0 Å². The lowest BCUT2D eigenvalue weighted by Gasteiger charge is -2.32. The summed E-state index contributed by atoms with van der Waals surface area (Å²) in [5.74, 6) is 2.10. The maximum atomic E-state index is 12.7. The molecule has 4 rings (SSSR count). The van der Waals surface area contributed by atoms with Gasteiger partial charge in [0, 0.05) is 55.7 Å². The molecule has 1 aliphatic carbocycles. The fourth-order valence-corrected chi connectivity index (χ4v) is 3.61. The smallest absolute Gasteiger partial charge is 0.253 e. The number of carbonyl (C=O) groups is 1. The van der Waals surface area contributed by atoms with Crippen LogP contribution in [0.4, 0.5) is 17.5 Å². The summed E-state index contributed by atoms with van der Waals surface area (Å²) in [4.78, 5) is 26.0. The van der Waals surface area contributed by atoms with Crippen molar-refractivity contribution in [3.63, 3.8) is 0 Å². The van der Waals surface area contributed by atoms with Gasteiger partial charge in [-0.15, -0.1) is 0 Å². The molecular formula is C22H31N7O. The summed E-state index contributed by atoms with van der Waals surface area (Å²) in [5, 5.41) is 6.65. The first-order valence-corrected chi connectivity index (χ1v) is 10.8. The number of carbonyl (C=O) groups excluding carboxylic acids is 1. The van der Waals surface area contributed by atoms with Gasteiger partial charge in [0.05, 0.1) is 0 Å². The van der Waals surface area contributed by atoms with E-state index in [1.54, 1.807) is 0 Å². The Morgan fingerprint density at radius 2 is 1.90 bits per heavy atom. The van der Waals surface area contributed by atoms with Gasteiger partial charge in [0.15, 0.2) is 0 Å². The lowest BCUT2D eigenvalue weighted by molar-refractivity contribution is 0.0664. The summed E-state index contributed by atoms with van der Waals surface area (Å²) in [6.45, 7) is 4.84. The molecule has 8 nitrogen and oxygen atoms in total. The van der Waals surface area contributed by atoms with Crippen LogP contribution in [0.15, 0.2) is 30.5 Å². The predicted molar refractivity (Wildman–Crippen MR) is 119 cm³/mol. The van der Waals surface area contributed by atoms with E-state index in [1.165, 1.54) is 18.4 Å². The van der Waals surface area contributed by atoms with E-state index in [0.29, 0.717) is 24.0 Å². The topological polar surface area (TPSA) is 99.4 Å². The van der Waals surface area contributed by atoms with Gasteiger partial charge < -0.3 is 26.2 Å². The Hall–Kier alpha value is -2.71. The van der Waals surface area contributed by atoms with Gasteiger partial charge in [-0.1, -0.05) is 0 Å². The molecule has 2 fully saturated rings. The van der Waals surface area contributed by atoms with E-state index in [1.807, 2.05) is 35.4 Å². The Kier molecular flexibility index (Phi) is 6.44. The van der Waals surface area contributed by atoms with Crippen molar-refractivity contribution in [3.8, 4) is 0 Å². The Bertz CT molecular complexity index is 858. The van der Waals surface area contributed by atoms with Crippen LogP contribution in [0.1, 0.15) is 41.1 Å². The van der Waals surface area contributed by atoms with Crippen LogP contribution in [0.3, 0.4) is 0 Å². The Morgan fingerprint density at radius 1 is 1.17 bits per heavy atom. The average molecular weight is 410 g/mol. The number of amides is 1. The first-order chi connectivity index (χ1) is 14.6. The molecule has 1 aromatic heterocycles. The molecule has 0 unspecified atom stereocenters. The van der Waals surface area contributed by atoms with Gasteiger partial charge in [0.25, 0.3) is 5.91 Å². The second kappa shape index (κ2) is 9.40. The molecule has 30 heavy (non-hydrogen) atoms. The molecule has 2 heterocycles. The molecule has 1 saturated carbocycles. The van der Waals surface area contributed by atoms with Gasteiger partial charge >= 0.3 is 0 Å². The maximum Gasteiger partial charge on any atom is 0.253 e. The molecular weight excluding hydrogens is 378 g/mol. The third-order valence-electron chi connectivity index (χ3n) is 5.69. The van der Waals surface area contributed by atoms with Crippen LogP contribution in [0, 0.1) is 0 Å². The summed E-state index contributed by atoms with van der Waals surface area (Å²) in [6, 6.07) is 7.54. The van der Waals surface area contributed by atoms with Crippen molar-refractivity contribution in [1.82, 2.24) is 19.8 Å². The molecule has 8 heteroatoms. The molecule has 4 N–H and O–H groups in total. The fourth-order valence-electron chi connectivity index (χ4n) is 3.61.